The van der Waals surface area contributed by atoms with E-state index in [2.05, 4.69) is 33.5 Å². The highest BCUT2D eigenvalue weighted by atomic mass is 28.4. The van der Waals surface area contributed by atoms with Crippen molar-refractivity contribution >= 4 is 16.6 Å². The lowest BCUT2D eigenvalue weighted by molar-refractivity contribution is 0.233. The van der Waals surface area contributed by atoms with Crippen molar-refractivity contribution in [2.24, 2.45) is 0 Å². The highest BCUT2D eigenvalue weighted by Gasteiger charge is 2.35. The van der Waals surface area contributed by atoms with Crippen LogP contribution in [0.4, 0.5) is 0 Å². The third kappa shape index (κ3) is 4.95. The van der Waals surface area contributed by atoms with Crippen molar-refractivity contribution in [3.8, 4) is 0 Å². The average molecular weight is 220 g/mol. The predicted molar refractivity (Wildman–Crippen MR) is 62.8 cm³/mol. The Balaban J connectivity index is 4.35. The summed E-state index contributed by atoms with van der Waals surface area (Å²) in [6.45, 7) is 12.7. The molecular weight excluding hydrogens is 196 g/mol. The highest BCUT2D eigenvalue weighted by molar-refractivity contribution is 6.75. The molecule has 0 aromatic rings. The molecule has 0 rings (SSSR count). The van der Waals surface area contributed by atoms with Gasteiger partial charge in [0.05, 0.1) is 5.73 Å². The van der Waals surface area contributed by atoms with Crippen molar-refractivity contribution in [2.45, 2.75) is 58.2 Å². The normalized spacial score (nSPS) is 19.6. The topological polar surface area (TPSA) is 29.5 Å². The Morgan fingerprint density at radius 1 is 1.15 bits per heavy atom. The Morgan fingerprint density at radius 3 is 1.85 bits per heavy atom. The van der Waals surface area contributed by atoms with Gasteiger partial charge in [-0.2, -0.15) is 0 Å². The molecule has 13 heavy (non-hydrogen) atoms. The molecule has 0 saturated heterocycles. The zero-order chi connectivity index (χ0) is 10.7. The van der Waals surface area contributed by atoms with Crippen LogP contribution in [0, 0.1) is 0 Å². The SMILES string of the molecule is CCC(O[Si](C)(C)C)[Si](C)(O)CC. The molecule has 1 N–H and O–H groups in total. The number of rotatable bonds is 5. The van der Waals surface area contributed by atoms with Gasteiger partial charge in [0.1, 0.15) is 0 Å². The molecule has 0 aliphatic carbocycles. The van der Waals surface area contributed by atoms with Crippen LogP contribution in [-0.2, 0) is 4.43 Å². The smallest absolute Gasteiger partial charge is 0.212 e. The van der Waals surface area contributed by atoms with Gasteiger partial charge in [-0.15, -0.1) is 0 Å². The molecule has 0 saturated carbocycles. The van der Waals surface area contributed by atoms with E-state index in [1.54, 1.807) is 0 Å². The number of hydrogen-bond acceptors (Lipinski definition) is 2. The molecule has 2 nitrogen and oxygen atoms in total. The standard InChI is InChI=1S/C9H24O2Si2/c1-7-9(11-12(3,4)5)13(6,10)8-2/h9-10H,7-8H2,1-6H3. The van der Waals surface area contributed by atoms with E-state index in [0.717, 1.165) is 12.5 Å². The van der Waals surface area contributed by atoms with Crippen LogP contribution in [-0.4, -0.2) is 27.2 Å². The first-order valence-corrected chi connectivity index (χ1v) is 11.3. The van der Waals surface area contributed by atoms with Gasteiger partial charge in [-0.1, -0.05) is 13.8 Å². The summed E-state index contributed by atoms with van der Waals surface area (Å²) in [5.41, 5.74) is 0.129. The molecule has 0 spiro atoms. The van der Waals surface area contributed by atoms with E-state index in [1.165, 1.54) is 0 Å². The van der Waals surface area contributed by atoms with Crippen LogP contribution in [0.15, 0.2) is 0 Å². The zero-order valence-corrected chi connectivity index (χ0v) is 11.8. The van der Waals surface area contributed by atoms with Crippen molar-refractivity contribution in [2.75, 3.05) is 0 Å². The lowest BCUT2D eigenvalue weighted by Gasteiger charge is -2.34. The zero-order valence-electron chi connectivity index (χ0n) is 9.85. The van der Waals surface area contributed by atoms with Gasteiger partial charge in [0, 0.05) is 0 Å². The molecule has 2 unspecified atom stereocenters. The third-order valence-corrected chi connectivity index (χ3v) is 6.85. The summed E-state index contributed by atoms with van der Waals surface area (Å²) >= 11 is 0. The van der Waals surface area contributed by atoms with Crippen LogP contribution in [0.3, 0.4) is 0 Å². The van der Waals surface area contributed by atoms with Gasteiger partial charge in [-0.05, 0) is 38.7 Å². The predicted octanol–water partition coefficient (Wildman–Crippen LogP) is 2.74. The molecular formula is C9H24O2Si2. The van der Waals surface area contributed by atoms with Gasteiger partial charge in [-0.3, -0.25) is 0 Å². The van der Waals surface area contributed by atoms with Gasteiger partial charge >= 0.3 is 0 Å². The van der Waals surface area contributed by atoms with Crippen LogP contribution < -0.4 is 0 Å². The second kappa shape index (κ2) is 4.73. The van der Waals surface area contributed by atoms with Crippen LogP contribution in [0.5, 0.6) is 0 Å². The van der Waals surface area contributed by atoms with Crippen LogP contribution in [0.1, 0.15) is 20.3 Å². The van der Waals surface area contributed by atoms with Crippen molar-refractivity contribution in [3.63, 3.8) is 0 Å². The van der Waals surface area contributed by atoms with E-state index >= 15 is 0 Å². The first-order chi connectivity index (χ1) is 5.73. The third-order valence-electron chi connectivity index (χ3n) is 2.28. The maximum absolute atomic E-state index is 10.2. The molecule has 0 amide bonds. The monoisotopic (exact) mass is 220 g/mol. The molecule has 0 fully saturated rings. The first kappa shape index (κ1) is 13.4. The lowest BCUT2D eigenvalue weighted by atomic mass is 10.5. The van der Waals surface area contributed by atoms with Crippen molar-refractivity contribution in [1.29, 1.82) is 0 Å². The van der Waals surface area contributed by atoms with Crippen LogP contribution in [0.2, 0.25) is 32.2 Å². The van der Waals surface area contributed by atoms with Crippen molar-refractivity contribution < 1.29 is 9.22 Å². The molecule has 80 valence electrons. The molecule has 0 aromatic heterocycles. The molecule has 0 heterocycles. The highest BCUT2D eigenvalue weighted by Crippen LogP contribution is 2.20. The van der Waals surface area contributed by atoms with Gasteiger partial charge in [0.2, 0.25) is 8.32 Å². The molecule has 0 aromatic carbocycles. The van der Waals surface area contributed by atoms with E-state index < -0.39 is 16.6 Å². The lowest BCUT2D eigenvalue weighted by Crippen LogP contribution is -2.50. The summed E-state index contributed by atoms with van der Waals surface area (Å²) in [6, 6.07) is 0.885. The van der Waals surface area contributed by atoms with Crippen LogP contribution >= 0.6 is 0 Å². The fraction of sp³-hybridized carbons (Fsp3) is 1.00. The summed E-state index contributed by atoms with van der Waals surface area (Å²) in [5, 5.41) is 0. The van der Waals surface area contributed by atoms with Gasteiger partial charge < -0.3 is 9.22 Å². The average Bonchev–Trinajstić information content (AvgIpc) is 1.98. The second-order valence-corrected chi connectivity index (χ2v) is 13.4. The van der Waals surface area contributed by atoms with Gasteiger partial charge in [0.15, 0.2) is 8.32 Å². The van der Waals surface area contributed by atoms with Crippen LogP contribution in [0.25, 0.3) is 0 Å². The van der Waals surface area contributed by atoms with Gasteiger partial charge in [-0.25, -0.2) is 0 Å². The molecule has 0 bridgehead atoms. The summed E-state index contributed by atoms with van der Waals surface area (Å²) in [6.07, 6.45) is 0.942. The second-order valence-electron chi connectivity index (χ2n) is 4.84. The molecule has 2 atom stereocenters. The molecule has 4 heteroatoms. The van der Waals surface area contributed by atoms with Crippen molar-refractivity contribution in [3.05, 3.63) is 0 Å². The number of hydrogen-bond donors (Lipinski definition) is 1. The summed E-state index contributed by atoms with van der Waals surface area (Å²) in [7, 11) is -3.60. The Labute approximate surface area is 84.6 Å². The fourth-order valence-electron chi connectivity index (χ4n) is 1.30. The van der Waals surface area contributed by atoms with E-state index in [4.69, 9.17) is 4.43 Å². The van der Waals surface area contributed by atoms with E-state index in [0.29, 0.717) is 0 Å². The molecule has 0 aliphatic rings. The molecule has 0 aliphatic heterocycles. The summed E-state index contributed by atoms with van der Waals surface area (Å²) in [4.78, 5) is 10.2. The van der Waals surface area contributed by atoms with Gasteiger partial charge in [0.25, 0.3) is 0 Å². The Kier molecular flexibility index (Phi) is 4.86. The first-order valence-electron chi connectivity index (χ1n) is 5.13. The quantitative estimate of drug-likeness (QED) is 0.722. The minimum atomic E-state index is -2.10. The van der Waals surface area contributed by atoms with E-state index in [-0.39, 0.29) is 5.73 Å². The summed E-state index contributed by atoms with van der Waals surface area (Å²) in [5.74, 6) is 0. The van der Waals surface area contributed by atoms with Crippen molar-refractivity contribution in [1.82, 2.24) is 0 Å². The summed E-state index contributed by atoms with van der Waals surface area (Å²) < 4.78 is 5.99. The Morgan fingerprint density at radius 2 is 1.62 bits per heavy atom. The minimum Gasteiger partial charge on any atom is -0.429 e. The molecule has 0 radical (unpaired) electrons. The maximum Gasteiger partial charge on any atom is 0.212 e. The maximum atomic E-state index is 10.2. The largest absolute Gasteiger partial charge is 0.429 e. The van der Waals surface area contributed by atoms with E-state index in [1.807, 2.05) is 6.55 Å². The Bertz CT molecular complexity index is 152. The Hall–Kier alpha value is 0.354. The van der Waals surface area contributed by atoms with E-state index in [9.17, 15) is 4.80 Å². The fourth-order valence-corrected chi connectivity index (χ4v) is 5.74. The minimum absolute atomic E-state index is 0.129.